The van der Waals surface area contributed by atoms with E-state index in [2.05, 4.69) is 26.0 Å². The molecule has 1 atom stereocenters. The summed E-state index contributed by atoms with van der Waals surface area (Å²) >= 11 is 9.10. The topological polar surface area (TPSA) is 34.4 Å². The van der Waals surface area contributed by atoms with Gasteiger partial charge in [0.15, 0.2) is 4.67 Å². The van der Waals surface area contributed by atoms with Crippen molar-refractivity contribution in [2.45, 2.75) is 19.6 Å². The van der Waals surface area contributed by atoms with Gasteiger partial charge in [0.05, 0.1) is 11.1 Å². The van der Waals surface area contributed by atoms with Crippen LogP contribution in [-0.2, 0) is 0 Å². The molecule has 0 saturated heterocycles. The number of halogens is 4. The number of rotatable bonds is 5. The van der Waals surface area contributed by atoms with Gasteiger partial charge in [0.2, 0.25) is 0 Å². The summed E-state index contributed by atoms with van der Waals surface area (Å²) in [5.41, 5.74) is 0.677. The van der Waals surface area contributed by atoms with Crippen LogP contribution in [0.25, 0.3) is 0 Å². The summed E-state index contributed by atoms with van der Waals surface area (Å²) in [4.78, 5) is 0. The summed E-state index contributed by atoms with van der Waals surface area (Å²) < 4.78 is 34.6. The van der Waals surface area contributed by atoms with Gasteiger partial charge in [0.25, 0.3) is 0 Å². The number of hydrogen-bond acceptors (Lipinski definition) is 3. The third-order valence-corrected chi connectivity index (χ3v) is 3.27. The number of nitrogens with one attached hydrogen (secondary N) is 1. The van der Waals surface area contributed by atoms with E-state index in [1.165, 1.54) is 12.1 Å². The summed E-state index contributed by atoms with van der Waals surface area (Å²) in [6.45, 7) is -0.992. The van der Waals surface area contributed by atoms with Gasteiger partial charge in [-0.25, -0.2) is 0 Å². The Morgan fingerprint density at radius 2 is 2.05 bits per heavy atom. The van der Waals surface area contributed by atoms with Crippen molar-refractivity contribution < 1.29 is 17.9 Å². The Bertz CT molecular complexity index is 592. The van der Waals surface area contributed by atoms with E-state index < -0.39 is 6.61 Å². The molecule has 0 spiro atoms. The van der Waals surface area contributed by atoms with E-state index in [0.717, 1.165) is 5.76 Å². The molecule has 1 aromatic carbocycles. The molecule has 0 aliphatic heterocycles. The van der Waals surface area contributed by atoms with Gasteiger partial charge in [-0.2, -0.15) is 8.78 Å². The highest BCUT2D eigenvalue weighted by atomic mass is 79.9. The van der Waals surface area contributed by atoms with Crippen LogP contribution in [0.5, 0.6) is 5.75 Å². The van der Waals surface area contributed by atoms with Crippen molar-refractivity contribution in [3.63, 3.8) is 0 Å². The van der Waals surface area contributed by atoms with E-state index in [1.54, 1.807) is 12.1 Å². The lowest BCUT2D eigenvalue weighted by atomic mass is 10.2. The normalized spacial score (nSPS) is 12.5. The van der Waals surface area contributed by atoms with Gasteiger partial charge in [-0.1, -0.05) is 11.6 Å². The minimum atomic E-state index is -2.90. The molecule has 0 amide bonds. The van der Waals surface area contributed by atoms with Crippen LogP contribution < -0.4 is 10.1 Å². The van der Waals surface area contributed by atoms with Crippen LogP contribution >= 0.6 is 27.5 Å². The highest BCUT2D eigenvalue weighted by Gasteiger charge is 2.12. The van der Waals surface area contributed by atoms with Crippen molar-refractivity contribution in [1.29, 1.82) is 0 Å². The van der Waals surface area contributed by atoms with Gasteiger partial charge in [0, 0.05) is 5.69 Å². The molecule has 1 unspecified atom stereocenters. The van der Waals surface area contributed by atoms with Gasteiger partial charge < -0.3 is 14.5 Å². The number of benzene rings is 1. The molecule has 108 valence electrons. The van der Waals surface area contributed by atoms with Crippen LogP contribution in [0.3, 0.4) is 0 Å². The van der Waals surface area contributed by atoms with Crippen LogP contribution in [-0.4, -0.2) is 6.61 Å². The summed E-state index contributed by atoms with van der Waals surface area (Å²) in [6.07, 6.45) is 0. The number of furan rings is 1. The minimum Gasteiger partial charge on any atom is -0.452 e. The van der Waals surface area contributed by atoms with E-state index in [1.807, 2.05) is 13.0 Å². The average molecular weight is 367 g/mol. The summed E-state index contributed by atoms with van der Waals surface area (Å²) in [5, 5.41) is 3.26. The first-order valence-electron chi connectivity index (χ1n) is 5.72. The van der Waals surface area contributed by atoms with E-state index in [4.69, 9.17) is 16.0 Å². The standard InChI is InChI=1S/C13H11BrClF2NO2/c1-7(10-4-5-12(14)19-10)18-8-2-3-11(9(15)6-8)20-13(16)17/h2-7,13,18H,1H3. The number of alkyl halides is 2. The molecule has 2 rings (SSSR count). The van der Waals surface area contributed by atoms with E-state index in [9.17, 15) is 8.78 Å². The molecule has 0 fully saturated rings. The quantitative estimate of drug-likeness (QED) is 0.762. The summed E-state index contributed by atoms with van der Waals surface area (Å²) in [7, 11) is 0. The number of ether oxygens (including phenoxy) is 1. The van der Waals surface area contributed by atoms with Crippen molar-refractivity contribution in [3.05, 3.63) is 45.8 Å². The van der Waals surface area contributed by atoms with E-state index >= 15 is 0 Å². The lowest BCUT2D eigenvalue weighted by Gasteiger charge is -2.14. The smallest absolute Gasteiger partial charge is 0.387 e. The molecule has 0 radical (unpaired) electrons. The molecule has 20 heavy (non-hydrogen) atoms. The van der Waals surface area contributed by atoms with Crippen LogP contribution in [0, 0.1) is 0 Å². The monoisotopic (exact) mass is 365 g/mol. The molecule has 0 bridgehead atoms. The second-order valence-corrected chi connectivity index (χ2v) is 5.22. The fourth-order valence-corrected chi connectivity index (χ4v) is 2.21. The average Bonchev–Trinajstić information content (AvgIpc) is 2.79. The van der Waals surface area contributed by atoms with Crippen molar-refractivity contribution in [1.82, 2.24) is 0 Å². The first-order chi connectivity index (χ1) is 9.45. The molecule has 0 aliphatic rings. The number of hydrogen-bond donors (Lipinski definition) is 1. The van der Waals surface area contributed by atoms with Crippen LogP contribution in [0.4, 0.5) is 14.5 Å². The van der Waals surface area contributed by atoms with E-state index in [0.29, 0.717) is 10.4 Å². The molecule has 1 heterocycles. The zero-order valence-electron chi connectivity index (χ0n) is 10.4. The Kier molecular flexibility index (Phi) is 4.88. The van der Waals surface area contributed by atoms with Crippen LogP contribution in [0.2, 0.25) is 5.02 Å². The maximum atomic E-state index is 12.1. The van der Waals surface area contributed by atoms with Gasteiger partial charge >= 0.3 is 6.61 Å². The third-order valence-electron chi connectivity index (χ3n) is 2.55. The van der Waals surface area contributed by atoms with Gasteiger partial charge in [0.1, 0.15) is 11.5 Å². The molecule has 7 heteroatoms. The highest BCUT2D eigenvalue weighted by Crippen LogP contribution is 2.31. The number of anilines is 1. The minimum absolute atomic E-state index is 0.0550. The molecular formula is C13H11BrClF2NO2. The largest absolute Gasteiger partial charge is 0.452 e. The van der Waals surface area contributed by atoms with Gasteiger partial charge in [-0.05, 0) is 53.2 Å². The molecule has 0 saturated carbocycles. The third kappa shape index (κ3) is 3.86. The molecule has 3 nitrogen and oxygen atoms in total. The Morgan fingerprint density at radius 1 is 1.30 bits per heavy atom. The van der Waals surface area contributed by atoms with Crippen molar-refractivity contribution >= 4 is 33.2 Å². The molecule has 0 aliphatic carbocycles. The lowest BCUT2D eigenvalue weighted by molar-refractivity contribution is -0.0497. The highest BCUT2D eigenvalue weighted by molar-refractivity contribution is 9.10. The lowest BCUT2D eigenvalue weighted by Crippen LogP contribution is -2.06. The summed E-state index contributed by atoms with van der Waals surface area (Å²) in [6, 6.07) is 8.05. The predicted octanol–water partition coefficient (Wildman–Crippen LogP) is 5.47. The van der Waals surface area contributed by atoms with Crippen molar-refractivity contribution in [3.8, 4) is 5.75 Å². The fraction of sp³-hybridized carbons (Fsp3) is 0.231. The second kappa shape index (κ2) is 6.45. The molecular weight excluding hydrogens is 356 g/mol. The zero-order chi connectivity index (χ0) is 14.7. The van der Waals surface area contributed by atoms with E-state index in [-0.39, 0.29) is 16.8 Å². The maximum absolute atomic E-state index is 12.1. The fourth-order valence-electron chi connectivity index (χ4n) is 1.66. The Labute approximate surface area is 128 Å². The first-order valence-corrected chi connectivity index (χ1v) is 6.89. The van der Waals surface area contributed by atoms with Gasteiger partial charge in [-0.3, -0.25) is 0 Å². The molecule has 1 aromatic heterocycles. The van der Waals surface area contributed by atoms with Crippen LogP contribution in [0.15, 0.2) is 39.4 Å². The van der Waals surface area contributed by atoms with Gasteiger partial charge in [-0.15, -0.1) is 0 Å². The Morgan fingerprint density at radius 3 is 2.60 bits per heavy atom. The molecule has 1 N–H and O–H groups in total. The SMILES string of the molecule is CC(Nc1ccc(OC(F)F)c(Cl)c1)c1ccc(Br)o1. The van der Waals surface area contributed by atoms with Crippen LogP contribution in [0.1, 0.15) is 18.7 Å². The van der Waals surface area contributed by atoms with Crippen molar-refractivity contribution in [2.24, 2.45) is 0 Å². The first kappa shape index (κ1) is 15.1. The second-order valence-electron chi connectivity index (χ2n) is 4.03. The Balaban J connectivity index is 2.08. The maximum Gasteiger partial charge on any atom is 0.387 e. The van der Waals surface area contributed by atoms with Crippen molar-refractivity contribution in [2.75, 3.05) is 5.32 Å². The zero-order valence-corrected chi connectivity index (χ0v) is 12.7. The Hall–Kier alpha value is -1.27. The summed E-state index contributed by atoms with van der Waals surface area (Å²) in [5.74, 6) is 0.682. The predicted molar refractivity (Wildman–Crippen MR) is 76.5 cm³/mol. The molecule has 2 aromatic rings.